The van der Waals surface area contributed by atoms with Crippen LogP contribution < -0.4 is 0 Å². The Morgan fingerprint density at radius 1 is 1.50 bits per heavy atom. The lowest BCUT2D eigenvalue weighted by molar-refractivity contribution is 0.102. The average molecular weight is 169 g/mol. The van der Waals surface area contributed by atoms with Crippen LogP contribution in [0.4, 0.5) is 4.39 Å². The molecule has 0 spiro atoms. The van der Waals surface area contributed by atoms with E-state index in [1.54, 1.807) is 6.92 Å². The zero-order valence-electron chi connectivity index (χ0n) is 7.65. The van der Waals surface area contributed by atoms with E-state index < -0.39 is 5.67 Å². The van der Waals surface area contributed by atoms with Gasteiger partial charge in [0.2, 0.25) is 6.54 Å². The molecule has 0 aromatic heterocycles. The van der Waals surface area contributed by atoms with E-state index in [0.29, 0.717) is 25.3 Å². The van der Waals surface area contributed by atoms with Crippen LogP contribution in [0.2, 0.25) is 0 Å². The molecule has 0 N–H and O–H groups in total. The summed E-state index contributed by atoms with van der Waals surface area (Å²) in [7, 11) is 0. The Kier molecular flexibility index (Phi) is 3.08. The van der Waals surface area contributed by atoms with Crippen molar-refractivity contribution in [2.75, 3.05) is 6.54 Å². The van der Waals surface area contributed by atoms with E-state index in [2.05, 4.69) is 4.85 Å². The number of hydrogen-bond acceptors (Lipinski definition) is 0. The van der Waals surface area contributed by atoms with Crippen LogP contribution in [-0.4, -0.2) is 12.2 Å². The minimum atomic E-state index is -0.922. The second-order valence-electron chi connectivity index (χ2n) is 4.03. The van der Waals surface area contributed by atoms with E-state index in [9.17, 15) is 4.39 Å². The molecule has 0 radical (unpaired) electrons. The Morgan fingerprint density at radius 3 is 2.58 bits per heavy atom. The third-order valence-corrected chi connectivity index (χ3v) is 2.80. The predicted octanol–water partition coefficient (Wildman–Crippen LogP) is 3.21. The SMILES string of the molecule is [C-]#[N+]CCC1CCC(C)(F)CC1. The fraction of sp³-hybridized carbons (Fsp3) is 0.900. The van der Waals surface area contributed by atoms with E-state index in [0.717, 1.165) is 19.3 Å². The van der Waals surface area contributed by atoms with E-state index in [1.807, 2.05) is 0 Å². The molecule has 0 bridgehead atoms. The number of alkyl halides is 1. The normalized spacial score (nSPS) is 35.9. The van der Waals surface area contributed by atoms with Crippen LogP contribution >= 0.6 is 0 Å². The minimum Gasteiger partial charge on any atom is -0.317 e. The highest BCUT2D eigenvalue weighted by atomic mass is 19.1. The number of halogens is 1. The summed E-state index contributed by atoms with van der Waals surface area (Å²) in [6, 6.07) is 0. The third-order valence-electron chi connectivity index (χ3n) is 2.80. The first-order valence-corrected chi connectivity index (χ1v) is 4.66. The van der Waals surface area contributed by atoms with Crippen LogP contribution in [0, 0.1) is 12.5 Å². The summed E-state index contributed by atoms with van der Waals surface area (Å²) < 4.78 is 13.3. The van der Waals surface area contributed by atoms with E-state index >= 15 is 0 Å². The molecule has 1 saturated carbocycles. The predicted molar refractivity (Wildman–Crippen MR) is 47.6 cm³/mol. The topological polar surface area (TPSA) is 4.36 Å². The summed E-state index contributed by atoms with van der Waals surface area (Å²) in [6.45, 7) is 8.96. The van der Waals surface area contributed by atoms with Gasteiger partial charge in [-0.1, -0.05) is 0 Å². The summed E-state index contributed by atoms with van der Waals surface area (Å²) in [5, 5.41) is 0. The molecule has 0 unspecified atom stereocenters. The van der Waals surface area contributed by atoms with Crippen molar-refractivity contribution in [3.05, 3.63) is 11.4 Å². The van der Waals surface area contributed by atoms with Gasteiger partial charge in [-0.3, -0.25) is 0 Å². The smallest absolute Gasteiger partial charge is 0.214 e. The summed E-state index contributed by atoms with van der Waals surface area (Å²) >= 11 is 0. The molecular weight excluding hydrogens is 153 g/mol. The van der Waals surface area contributed by atoms with Crippen molar-refractivity contribution in [1.82, 2.24) is 0 Å². The first-order valence-electron chi connectivity index (χ1n) is 4.66. The Balaban J connectivity index is 2.23. The lowest BCUT2D eigenvalue weighted by atomic mass is 9.80. The third kappa shape index (κ3) is 2.81. The summed E-state index contributed by atoms with van der Waals surface area (Å²) in [4.78, 5) is 3.32. The molecule has 1 fully saturated rings. The highest BCUT2D eigenvalue weighted by molar-refractivity contribution is 4.82. The molecule has 1 nitrogen and oxygen atoms in total. The van der Waals surface area contributed by atoms with E-state index in [-0.39, 0.29) is 0 Å². The van der Waals surface area contributed by atoms with Crippen LogP contribution in [0.3, 0.4) is 0 Å². The summed E-state index contributed by atoms with van der Waals surface area (Å²) in [5.41, 5.74) is -0.922. The molecule has 12 heavy (non-hydrogen) atoms. The maximum atomic E-state index is 13.3. The molecule has 2 heteroatoms. The van der Waals surface area contributed by atoms with E-state index in [4.69, 9.17) is 6.57 Å². The van der Waals surface area contributed by atoms with Gasteiger partial charge in [0, 0.05) is 6.42 Å². The van der Waals surface area contributed by atoms with Crippen molar-refractivity contribution >= 4 is 0 Å². The lowest BCUT2D eigenvalue weighted by Gasteiger charge is -2.30. The van der Waals surface area contributed by atoms with Crippen molar-refractivity contribution in [2.24, 2.45) is 5.92 Å². The van der Waals surface area contributed by atoms with Crippen LogP contribution in [0.25, 0.3) is 4.85 Å². The molecule has 0 saturated heterocycles. The largest absolute Gasteiger partial charge is 0.317 e. The Morgan fingerprint density at radius 2 is 2.08 bits per heavy atom. The summed E-state index contributed by atoms with van der Waals surface area (Å²) in [5.74, 6) is 0.614. The molecule has 0 amide bonds. The molecule has 1 aliphatic rings. The van der Waals surface area contributed by atoms with Crippen LogP contribution in [0.5, 0.6) is 0 Å². The van der Waals surface area contributed by atoms with Crippen molar-refractivity contribution < 1.29 is 4.39 Å². The number of nitrogens with zero attached hydrogens (tertiary/aromatic N) is 1. The Bertz CT molecular complexity index is 171. The molecular formula is C10H16FN. The zero-order chi connectivity index (χ0) is 9.03. The first-order chi connectivity index (χ1) is 5.64. The van der Waals surface area contributed by atoms with Crippen LogP contribution in [0.1, 0.15) is 39.0 Å². The summed E-state index contributed by atoms with van der Waals surface area (Å²) in [6.07, 6.45) is 4.30. The maximum absolute atomic E-state index is 13.3. The maximum Gasteiger partial charge on any atom is 0.214 e. The van der Waals surface area contributed by atoms with Gasteiger partial charge in [0.15, 0.2) is 0 Å². The van der Waals surface area contributed by atoms with Gasteiger partial charge in [0.05, 0.1) is 0 Å². The fourth-order valence-electron chi connectivity index (χ4n) is 1.82. The average Bonchev–Trinajstić information content (AvgIpc) is 2.03. The van der Waals surface area contributed by atoms with Gasteiger partial charge in [0.1, 0.15) is 5.67 Å². The van der Waals surface area contributed by atoms with E-state index in [1.165, 1.54) is 0 Å². The van der Waals surface area contributed by atoms with Crippen molar-refractivity contribution in [3.8, 4) is 0 Å². The second kappa shape index (κ2) is 3.89. The van der Waals surface area contributed by atoms with Gasteiger partial charge in [-0.2, -0.15) is 0 Å². The highest BCUT2D eigenvalue weighted by Crippen LogP contribution is 2.35. The van der Waals surface area contributed by atoms with Gasteiger partial charge >= 0.3 is 0 Å². The molecule has 0 aliphatic heterocycles. The zero-order valence-corrected chi connectivity index (χ0v) is 7.65. The molecule has 0 heterocycles. The minimum absolute atomic E-state index is 0.614. The fourth-order valence-corrected chi connectivity index (χ4v) is 1.82. The highest BCUT2D eigenvalue weighted by Gasteiger charge is 2.30. The van der Waals surface area contributed by atoms with Crippen LogP contribution in [0.15, 0.2) is 0 Å². The number of hydrogen-bond donors (Lipinski definition) is 0. The number of rotatable bonds is 2. The Labute approximate surface area is 73.8 Å². The molecule has 0 aromatic rings. The second-order valence-corrected chi connectivity index (χ2v) is 4.03. The standard InChI is InChI=1S/C10H16FN/c1-10(11)6-3-9(4-7-10)5-8-12-2/h9H,3-8H2,1H3. The van der Waals surface area contributed by atoms with Crippen molar-refractivity contribution in [1.29, 1.82) is 0 Å². The molecule has 0 atom stereocenters. The monoisotopic (exact) mass is 169 g/mol. The molecule has 0 aromatic carbocycles. The molecule has 1 rings (SSSR count). The van der Waals surface area contributed by atoms with Gasteiger partial charge in [-0.05, 0) is 38.5 Å². The van der Waals surface area contributed by atoms with Gasteiger partial charge in [-0.15, -0.1) is 0 Å². The lowest BCUT2D eigenvalue weighted by Crippen LogP contribution is -2.26. The quantitative estimate of drug-likeness (QED) is 0.559. The van der Waals surface area contributed by atoms with Gasteiger partial charge in [0.25, 0.3) is 0 Å². The Hall–Kier alpha value is -0.580. The molecule has 68 valence electrons. The molecule has 1 aliphatic carbocycles. The van der Waals surface area contributed by atoms with Crippen molar-refractivity contribution in [3.63, 3.8) is 0 Å². The first kappa shape index (κ1) is 9.51. The van der Waals surface area contributed by atoms with Gasteiger partial charge < -0.3 is 4.85 Å². The van der Waals surface area contributed by atoms with Gasteiger partial charge in [-0.25, -0.2) is 11.0 Å². The van der Waals surface area contributed by atoms with Crippen LogP contribution in [-0.2, 0) is 0 Å². The van der Waals surface area contributed by atoms with Crippen molar-refractivity contribution in [2.45, 2.75) is 44.7 Å².